The molecular formula is C13H13ClN2O3. The topological polar surface area (TPSA) is 81.4 Å². The van der Waals surface area contributed by atoms with Gasteiger partial charge in [-0.05, 0) is 31.2 Å². The van der Waals surface area contributed by atoms with Gasteiger partial charge in [0.25, 0.3) is 5.91 Å². The summed E-state index contributed by atoms with van der Waals surface area (Å²) in [6, 6.07) is 4.44. The molecule has 3 N–H and O–H groups in total. The molecule has 5 nitrogen and oxygen atoms in total. The molecule has 0 fully saturated rings. The number of rotatable bonds is 3. The maximum atomic E-state index is 11.9. The van der Waals surface area contributed by atoms with Gasteiger partial charge >= 0.3 is 0 Å². The van der Waals surface area contributed by atoms with Crippen LogP contribution in [0, 0.1) is 0 Å². The Bertz CT molecular complexity index is 569. The van der Waals surface area contributed by atoms with E-state index in [-0.39, 0.29) is 12.5 Å². The first-order valence-electron chi connectivity index (χ1n) is 5.70. The van der Waals surface area contributed by atoms with Crippen LogP contribution in [0.5, 0.6) is 5.75 Å². The van der Waals surface area contributed by atoms with E-state index < -0.39 is 11.9 Å². The molecule has 1 unspecified atom stereocenters. The van der Waals surface area contributed by atoms with Gasteiger partial charge in [-0.3, -0.25) is 9.59 Å². The lowest BCUT2D eigenvalue weighted by molar-refractivity contribution is -0.125. The number of carbonyl (C=O) groups excluding carboxylic acids is 2. The molecule has 0 spiro atoms. The Labute approximate surface area is 115 Å². The molecule has 1 atom stereocenters. The molecule has 0 saturated carbocycles. The second-order valence-corrected chi connectivity index (χ2v) is 4.67. The Morgan fingerprint density at radius 1 is 1.47 bits per heavy atom. The number of fused-ring (bicyclic) bond motifs is 1. The van der Waals surface area contributed by atoms with E-state index in [0.29, 0.717) is 16.3 Å². The van der Waals surface area contributed by atoms with Crippen LogP contribution in [0.3, 0.4) is 0 Å². The highest BCUT2D eigenvalue weighted by Crippen LogP contribution is 2.28. The molecule has 19 heavy (non-hydrogen) atoms. The number of benzene rings is 1. The second kappa shape index (κ2) is 5.32. The molecule has 0 aromatic heterocycles. The van der Waals surface area contributed by atoms with E-state index in [2.05, 4.69) is 5.32 Å². The number of nitrogens with two attached hydrogens (primary N) is 1. The largest absolute Gasteiger partial charge is 0.488 e. The van der Waals surface area contributed by atoms with Crippen molar-refractivity contribution in [3.8, 4) is 5.75 Å². The average molecular weight is 281 g/mol. The Hall–Kier alpha value is -2.01. The fourth-order valence-electron chi connectivity index (χ4n) is 1.64. The summed E-state index contributed by atoms with van der Waals surface area (Å²) in [5, 5.41) is 3.06. The molecule has 0 aliphatic carbocycles. The molecule has 2 rings (SSSR count). The molecule has 0 radical (unpaired) electrons. The molecular weight excluding hydrogens is 268 g/mol. The molecule has 1 aliphatic rings. The number of carbonyl (C=O) groups is 2. The predicted octanol–water partition coefficient (Wildman–Crippen LogP) is 1.11. The summed E-state index contributed by atoms with van der Waals surface area (Å²) in [7, 11) is 0. The van der Waals surface area contributed by atoms with Crippen molar-refractivity contribution in [1.82, 2.24) is 5.32 Å². The third-order valence-electron chi connectivity index (χ3n) is 2.75. The van der Waals surface area contributed by atoms with Crippen molar-refractivity contribution in [2.75, 3.05) is 6.61 Å². The fraction of sp³-hybridized carbons (Fsp3) is 0.231. The van der Waals surface area contributed by atoms with Crippen LogP contribution in [0.1, 0.15) is 12.5 Å². The van der Waals surface area contributed by atoms with Crippen molar-refractivity contribution in [2.24, 2.45) is 5.73 Å². The van der Waals surface area contributed by atoms with Gasteiger partial charge in [-0.15, -0.1) is 0 Å². The molecule has 0 bridgehead atoms. The van der Waals surface area contributed by atoms with Crippen LogP contribution < -0.4 is 15.8 Å². The molecule has 0 saturated heterocycles. The number of amides is 2. The molecule has 1 aliphatic heterocycles. The van der Waals surface area contributed by atoms with E-state index in [9.17, 15) is 9.59 Å². The van der Waals surface area contributed by atoms with Crippen LogP contribution >= 0.6 is 11.6 Å². The Morgan fingerprint density at radius 2 is 2.21 bits per heavy atom. The minimum atomic E-state index is -0.728. The SMILES string of the molecule is CC(NC(=O)C1=Cc2cc(Cl)ccc2OC1)C(N)=O. The van der Waals surface area contributed by atoms with E-state index in [1.54, 1.807) is 24.3 Å². The van der Waals surface area contributed by atoms with Crippen LogP contribution in [-0.4, -0.2) is 24.5 Å². The second-order valence-electron chi connectivity index (χ2n) is 4.24. The lowest BCUT2D eigenvalue weighted by Gasteiger charge is -2.19. The quantitative estimate of drug-likeness (QED) is 0.870. The molecule has 1 aromatic carbocycles. The van der Waals surface area contributed by atoms with E-state index in [4.69, 9.17) is 22.1 Å². The Balaban J connectivity index is 2.18. The molecule has 1 heterocycles. The number of halogens is 1. The Morgan fingerprint density at radius 3 is 2.89 bits per heavy atom. The van der Waals surface area contributed by atoms with Crippen molar-refractivity contribution in [2.45, 2.75) is 13.0 Å². The summed E-state index contributed by atoms with van der Waals surface area (Å²) in [6.07, 6.45) is 1.69. The van der Waals surface area contributed by atoms with Crippen LogP contribution in [0.25, 0.3) is 6.08 Å². The van der Waals surface area contributed by atoms with Crippen molar-refractivity contribution in [3.63, 3.8) is 0 Å². The van der Waals surface area contributed by atoms with Gasteiger partial charge in [0.15, 0.2) is 0 Å². The highest BCUT2D eigenvalue weighted by atomic mass is 35.5. The zero-order valence-electron chi connectivity index (χ0n) is 10.3. The smallest absolute Gasteiger partial charge is 0.251 e. The summed E-state index contributed by atoms with van der Waals surface area (Å²) in [4.78, 5) is 22.8. The number of ether oxygens (including phenoxy) is 1. The third kappa shape index (κ3) is 3.06. The summed E-state index contributed by atoms with van der Waals surface area (Å²) in [5.74, 6) is -0.296. The minimum absolute atomic E-state index is 0.145. The van der Waals surface area contributed by atoms with Crippen molar-refractivity contribution >= 4 is 29.5 Å². The zero-order chi connectivity index (χ0) is 14.0. The first-order chi connectivity index (χ1) is 8.97. The maximum absolute atomic E-state index is 11.9. The Kier molecular flexibility index (Phi) is 3.76. The van der Waals surface area contributed by atoms with Crippen LogP contribution in [-0.2, 0) is 9.59 Å². The van der Waals surface area contributed by atoms with Crippen LogP contribution in [0.2, 0.25) is 5.02 Å². The van der Waals surface area contributed by atoms with E-state index in [1.807, 2.05) is 0 Å². The number of hydrogen-bond acceptors (Lipinski definition) is 3. The van der Waals surface area contributed by atoms with Crippen molar-refractivity contribution in [3.05, 3.63) is 34.4 Å². The number of nitrogens with one attached hydrogen (secondary N) is 1. The standard InChI is InChI=1S/C13H13ClN2O3/c1-7(12(15)17)16-13(18)9-4-8-5-10(14)2-3-11(8)19-6-9/h2-5,7H,6H2,1H3,(H2,15,17)(H,16,18). The third-order valence-corrected chi connectivity index (χ3v) is 2.99. The molecule has 100 valence electrons. The van der Waals surface area contributed by atoms with E-state index in [1.165, 1.54) is 6.92 Å². The van der Waals surface area contributed by atoms with Gasteiger partial charge < -0.3 is 15.8 Å². The molecule has 1 aromatic rings. The maximum Gasteiger partial charge on any atom is 0.251 e. The van der Waals surface area contributed by atoms with Crippen LogP contribution in [0.15, 0.2) is 23.8 Å². The minimum Gasteiger partial charge on any atom is -0.488 e. The summed E-state index contributed by atoms with van der Waals surface area (Å²) >= 11 is 5.88. The summed E-state index contributed by atoms with van der Waals surface area (Å²) in [6.45, 7) is 1.67. The summed E-state index contributed by atoms with van der Waals surface area (Å²) in [5.41, 5.74) is 6.24. The van der Waals surface area contributed by atoms with Gasteiger partial charge in [0.05, 0.1) is 5.57 Å². The van der Waals surface area contributed by atoms with E-state index >= 15 is 0 Å². The monoisotopic (exact) mass is 280 g/mol. The van der Waals surface area contributed by atoms with Gasteiger partial charge in [0.2, 0.25) is 5.91 Å². The first-order valence-corrected chi connectivity index (χ1v) is 6.08. The van der Waals surface area contributed by atoms with Crippen molar-refractivity contribution < 1.29 is 14.3 Å². The lowest BCUT2D eigenvalue weighted by atomic mass is 10.1. The van der Waals surface area contributed by atoms with Gasteiger partial charge in [0.1, 0.15) is 18.4 Å². The van der Waals surface area contributed by atoms with Gasteiger partial charge in [-0.25, -0.2) is 0 Å². The summed E-state index contributed by atoms with van der Waals surface area (Å²) < 4.78 is 5.45. The predicted molar refractivity (Wildman–Crippen MR) is 71.7 cm³/mol. The molecule has 6 heteroatoms. The highest BCUT2D eigenvalue weighted by molar-refractivity contribution is 6.30. The number of primary amides is 1. The lowest BCUT2D eigenvalue weighted by Crippen LogP contribution is -2.43. The molecule has 2 amide bonds. The average Bonchev–Trinajstić information content (AvgIpc) is 2.37. The van der Waals surface area contributed by atoms with Gasteiger partial charge in [-0.1, -0.05) is 11.6 Å². The van der Waals surface area contributed by atoms with Crippen molar-refractivity contribution in [1.29, 1.82) is 0 Å². The fourth-order valence-corrected chi connectivity index (χ4v) is 1.82. The zero-order valence-corrected chi connectivity index (χ0v) is 11.0. The van der Waals surface area contributed by atoms with E-state index in [0.717, 1.165) is 5.56 Å². The highest BCUT2D eigenvalue weighted by Gasteiger charge is 2.20. The van der Waals surface area contributed by atoms with Gasteiger partial charge in [-0.2, -0.15) is 0 Å². The normalized spacial score (nSPS) is 14.7. The van der Waals surface area contributed by atoms with Gasteiger partial charge in [0, 0.05) is 10.6 Å². The number of hydrogen-bond donors (Lipinski definition) is 2. The van der Waals surface area contributed by atoms with Crippen LogP contribution in [0.4, 0.5) is 0 Å². The first kappa shape index (κ1) is 13.4.